The van der Waals surface area contributed by atoms with E-state index in [1.54, 1.807) is 0 Å². The fourth-order valence-electron chi connectivity index (χ4n) is 2.61. The van der Waals surface area contributed by atoms with Crippen LogP contribution in [0.25, 0.3) is 0 Å². The lowest BCUT2D eigenvalue weighted by atomic mass is 9.99. The van der Waals surface area contributed by atoms with Crippen molar-refractivity contribution in [2.75, 3.05) is 26.2 Å². The second kappa shape index (κ2) is 5.72. The van der Waals surface area contributed by atoms with Crippen molar-refractivity contribution in [2.24, 2.45) is 16.8 Å². The highest BCUT2D eigenvalue weighted by atomic mass is 16.2. The van der Waals surface area contributed by atoms with E-state index in [9.17, 15) is 4.79 Å². The van der Waals surface area contributed by atoms with Gasteiger partial charge in [0.2, 0.25) is 11.9 Å². The molecule has 1 fully saturated rings. The summed E-state index contributed by atoms with van der Waals surface area (Å²) >= 11 is 0. The molecule has 0 atom stereocenters. The highest BCUT2D eigenvalue weighted by Gasteiger charge is 2.29. The lowest BCUT2D eigenvalue weighted by Crippen LogP contribution is -2.48. The first kappa shape index (κ1) is 13.4. The van der Waals surface area contributed by atoms with Crippen molar-refractivity contribution in [1.29, 1.82) is 0 Å². The number of guanidine groups is 1. The van der Waals surface area contributed by atoms with Gasteiger partial charge in [-0.15, -0.1) is 0 Å². The molecule has 1 amide bonds. The summed E-state index contributed by atoms with van der Waals surface area (Å²) in [7, 11) is 0. The normalized spacial score (nSPS) is 21.7. The zero-order chi connectivity index (χ0) is 13.1. The van der Waals surface area contributed by atoms with Gasteiger partial charge in [-0.3, -0.25) is 14.7 Å². The van der Waals surface area contributed by atoms with Crippen LogP contribution in [0.1, 0.15) is 40.0 Å². The van der Waals surface area contributed by atoms with Crippen molar-refractivity contribution in [3.8, 4) is 0 Å². The maximum atomic E-state index is 12.2. The van der Waals surface area contributed by atoms with E-state index in [0.717, 1.165) is 38.1 Å². The zero-order valence-electron chi connectivity index (χ0n) is 11.9. The van der Waals surface area contributed by atoms with Crippen molar-refractivity contribution < 1.29 is 4.79 Å². The van der Waals surface area contributed by atoms with E-state index in [4.69, 9.17) is 0 Å². The molecular weight excluding hydrogens is 226 g/mol. The van der Waals surface area contributed by atoms with Crippen LogP contribution in [0.5, 0.6) is 0 Å². The Morgan fingerprint density at radius 3 is 2.61 bits per heavy atom. The van der Waals surface area contributed by atoms with E-state index in [1.807, 2.05) is 4.90 Å². The van der Waals surface area contributed by atoms with Gasteiger partial charge >= 0.3 is 0 Å². The fourth-order valence-corrected chi connectivity index (χ4v) is 2.61. The second-order valence-electron chi connectivity index (χ2n) is 5.99. The van der Waals surface area contributed by atoms with E-state index in [2.05, 4.69) is 30.7 Å². The minimum Gasteiger partial charge on any atom is -0.342 e. The molecule has 4 heteroatoms. The summed E-state index contributed by atoms with van der Waals surface area (Å²) in [4.78, 5) is 20.9. The maximum absolute atomic E-state index is 12.2. The summed E-state index contributed by atoms with van der Waals surface area (Å²) < 4.78 is 0. The first-order valence-corrected chi connectivity index (χ1v) is 7.17. The number of rotatable bonds is 2. The average Bonchev–Trinajstić information content (AvgIpc) is 2.78. The summed E-state index contributed by atoms with van der Waals surface area (Å²) in [6.07, 6.45) is 3.06. The van der Waals surface area contributed by atoms with Crippen molar-refractivity contribution in [1.82, 2.24) is 9.80 Å². The molecule has 0 N–H and O–H groups in total. The molecule has 0 saturated carbocycles. The Hall–Kier alpha value is -1.06. The number of nitrogens with zero attached hydrogens (tertiary/aromatic N) is 3. The van der Waals surface area contributed by atoms with Crippen LogP contribution in [0.3, 0.4) is 0 Å². The lowest BCUT2D eigenvalue weighted by molar-refractivity contribution is -0.128. The number of amides is 1. The van der Waals surface area contributed by atoms with Crippen LogP contribution in [-0.4, -0.2) is 47.8 Å². The molecule has 0 bridgehead atoms. The van der Waals surface area contributed by atoms with E-state index in [1.165, 1.54) is 12.8 Å². The van der Waals surface area contributed by atoms with Gasteiger partial charge in [0.25, 0.3) is 0 Å². The van der Waals surface area contributed by atoms with Gasteiger partial charge in [-0.2, -0.15) is 0 Å². The molecule has 18 heavy (non-hydrogen) atoms. The standard InChI is InChI=1S/C14H25N3O/c1-11(2)10-13(18)17-9-6-15-14(17)16-7-4-12(3)5-8-16/h11-12H,4-10H2,1-3H3. The zero-order valence-corrected chi connectivity index (χ0v) is 11.9. The molecule has 1 saturated heterocycles. The Kier molecular flexibility index (Phi) is 4.25. The first-order valence-electron chi connectivity index (χ1n) is 7.17. The van der Waals surface area contributed by atoms with Gasteiger partial charge in [0, 0.05) is 26.1 Å². The molecule has 0 aromatic heterocycles. The highest BCUT2D eigenvalue weighted by molar-refractivity contribution is 5.98. The Bertz CT molecular complexity index is 330. The number of aliphatic imine (C=N–C) groups is 1. The van der Waals surface area contributed by atoms with Crippen LogP contribution >= 0.6 is 0 Å². The fraction of sp³-hybridized carbons (Fsp3) is 0.857. The maximum Gasteiger partial charge on any atom is 0.229 e. The van der Waals surface area contributed by atoms with Gasteiger partial charge < -0.3 is 4.90 Å². The van der Waals surface area contributed by atoms with Gasteiger partial charge in [-0.1, -0.05) is 20.8 Å². The van der Waals surface area contributed by atoms with Gasteiger partial charge in [0.05, 0.1) is 6.54 Å². The van der Waals surface area contributed by atoms with Gasteiger partial charge in [-0.25, -0.2) is 0 Å². The minimum atomic E-state index is 0.236. The number of carbonyl (C=O) groups is 1. The molecule has 0 aromatic carbocycles. The largest absolute Gasteiger partial charge is 0.342 e. The second-order valence-corrected chi connectivity index (χ2v) is 5.99. The molecular formula is C14H25N3O. The van der Waals surface area contributed by atoms with Gasteiger partial charge in [0.15, 0.2) is 0 Å². The number of hydrogen-bond donors (Lipinski definition) is 0. The molecule has 0 aliphatic carbocycles. The first-order chi connectivity index (χ1) is 8.58. The third-order valence-corrected chi connectivity index (χ3v) is 3.77. The van der Waals surface area contributed by atoms with Gasteiger partial charge in [-0.05, 0) is 24.7 Å². The van der Waals surface area contributed by atoms with E-state index < -0.39 is 0 Å². The molecule has 0 radical (unpaired) electrons. The Morgan fingerprint density at radius 2 is 2.00 bits per heavy atom. The van der Waals surface area contributed by atoms with Crippen LogP contribution in [0.2, 0.25) is 0 Å². The number of hydrogen-bond acceptors (Lipinski definition) is 3. The van der Waals surface area contributed by atoms with Crippen molar-refractivity contribution >= 4 is 11.9 Å². The molecule has 102 valence electrons. The van der Waals surface area contributed by atoms with Crippen LogP contribution in [0, 0.1) is 11.8 Å². The Labute approximate surface area is 110 Å². The molecule has 2 aliphatic rings. The van der Waals surface area contributed by atoms with E-state index in [0.29, 0.717) is 12.3 Å². The lowest BCUT2D eigenvalue weighted by Gasteiger charge is -2.35. The van der Waals surface area contributed by atoms with Crippen molar-refractivity contribution in [3.63, 3.8) is 0 Å². The summed E-state index contributed by atoms with van der Waals surface area (Å²) in [5.41, 5.74) is 0. The SMILES string of the molecule is CC(C)CC(=O)N1CCN=C1N1CCC(C)CC1. The smallest absolute Gasteiger partial charge is 0.229 e. The molecule has 0 aromatic rings. The minimum absolute atomic E-state index is 0.236. The predicted octanol–water partition coefficient (Wildman–Crippen LogP) is 1.96. The molecule has 2 rings (SSSR count). The highest BCUT2D eigenvalue weighted by Crippen LogP contribution is 2.19. The van der Waals surface area contributed by atoms with Crippen molar-refractivity contribution in [3.05, 3.63) is 0 Å². The van der Waals surface area contributed by atoms with E-state index in [-0.39, 0.29) is 5.91 Å². The van der Waals surface area contributed by atoms with Crippen LogP contribution < -0.4 is 0 Å². The third kappa shape index (κ3) is 3.03. The molecule has 0 spiro atoms. The van der Waals surface area contributed by atoms with Crippen molar-refractivity contribution in [2.45, 2.75) is 40.0 Å². The molecule has 4 nitrogen and oxygen atoms in total. The number of carbonyl (C=O) groups excluding carboxylic acids is 1. The predicted molar refractivity (Wildman–Crippen MR) is 73.4 cm³/mol. The van der Waals surface area contributed by atoms with E-state index >= 15 is 0 Å². The number of likely N-dealkylation sites (tertiary alicyclic amines) is 1. The summed E-state index contributed by atoms with van der Waals surface area (Å²) in [5, 5.41) is 0. The summed E-state index contributed by atoms with van der Waals surface area (Å²) in [5.74, 6) is 2.40. The topological polar surface area (TPSA) is 35.9 Å². The molecule has 2 aliphatic heterocycles. The molecule has 0 unspecified atom stereocenters. The Morgan fingerprint density at radius 1 is 1.33 bits per heavy atom. The third-order valence-electron chi connectivity index (χ3n) is 3.77. The van der Waals surface area contributed by atoms with Gasteiger partial charge in [0.1, 0.15) is 0 Å². The van der Waals surface area contributed by atoms with Crippen LogP contribution in [0.4, 0.5) is 0 Å². The number of piperidine rings is 1. The molecule has 2 heterocycles. The monoisotopic (exact) mass is 251 g/mol. The summed E-state index contributed by atoms with van der Waals surface area (Å²) in [6, 6.07) is 0. The van der Waals surface area contributed by atoms with Crippen LogP contribution in [-0.2, 0) is 4.79 Å². The quantitative estimate of drug-likeness (QED) is 0.752. The average molecular weight is 251 g/mol. The van der Waals surface area contributed by atoms with Crippen LogP contribution in [0.15, 0.2) is 4.99 Å². The summed E-state index contributed by atoms with van der Waals surface area (Å²) in [6.45, 7) is 10.1. The Balaban J connectivity index is 1.97.